The van der Waals surface area contributed by atoms with Gasteiger partial charge in [-0.3, -0.25) is 4.68 Å². The second-order valence-corrected chi connectivity index (χ2v) is 8.72. The topological polar surface area (TPSA) is 80.1 Å². The zero-order valence-corrected chi connectivity index (χ0v) is 14.2. The molecule has 7 nitrogen and oxygen atoms in total. The van der Waals surface area contributed by atoms with Gasteiger partial charge in [0.25, 0.3) is 0 Å². The smallest absolute Gasteiger partial charge is 0.217 e. The molecule has 1 N–H and O–H groups in total. The standard InChI is InChI=1S/C16H21N5O2S/c22-24(23,15-4-5-15)20-10-13(9-18-16-3-1-2-7-17-16)11-21-14(12-20)6-8-19-21/h1-3,6-8,13,15H,4-5,9-12H2,(H,17,18)/t13-/m1/s1. The van der Waals surface area contributed by atoms with Gasteiger partial charge in [-0.05, 0) is 31.0 Å². The van der Waals surface area contributed by atoms with E-state index in [-0.39, 0.29) is 11.2 Å². The molecule has 2 aliphatic rings. The van der Waals surface area contributed by atoms with E-state index in [0.717, 1.165) is 24.4 Å². The second-order valence-electron chi connectivity index (χ2n) is 6.50. The van der Waals surface area contributed by atoms with Gasteiger partial charge in [-0.1, -0.05) is 6.07 Å². The highest BCUT2D eigenvalue weighted by Gasteiger charge is 2.41. The quantitative estimate of drug-likeness (QED) is 0.882. The Balaban J connectivity index is 1.53. The van der Waals surface area contributed by atoms with Crippen molar-refractivity contribution in [3.63, 3.8) is 0 Å². The first-order valence-corrected chi connectivity index (χ1v) is 9.78. The summed E-state index contributed by atoms with van der Waals surface area (Å²) in [4.78, 5) is 4.26. The van der Waals surface area contributed by atoms with Crippen LogP contribution in [0.4, 0.5) is 5.82 Å². The Hall–Kier alpha value is -1.93. The van der Waals surface area contributed by atoms with Gasteiger partial charge in [0.15, 0.2) is 0 Å². The van der Waals surface area contributed by atoms with Crippen molar-refractivity contribution in [2.45, 2.75) is 31.2 Å². The van der Waals surface area contributed by atoms with Gasteiger partial charge in [-0.25, -0.2) is 13.4 Å². The van der Waals surface area contributed by atoms with Crippen LogP contribution in [0.25, 0.3) is 0 Å². The molecule has 8 heteroatoms. The summed E-state index contributed by atoms with van der Waals surface area (Å²) < 4.78 is 29.0. The van der Waals surface area contributed by atoms with Gasteiger partial charge in [0.05, 0.1) is 17.5 Å². The molecule has 4 rings (SSSR count). The highest BCUT2D eigenvalue weighted by Crippen LogP contribution is 2.33. The molecule has 1 aliphatic heterocycles. The molecule has 1 fully saturated rings. The summed E-state index contributed by atoms with van der Waals surface area (Å²) in [6.45, 7) is 2.30. The van der Waals surface area contributed by atoms with Crippen molar-refractivity contribution in [2.24, 2.45) is 5.92 Å². The van der Waals surface area contributed by atoms with E-state index in [1.54, 1.807) is 16.7 Å². The van der Waals surface area contributed by atoms with Gasteiger partial charge >= 0.3 is 0 Å². The van der Waals surface area contributed by atoms with E-state index < -0.39 is 10.0 Å². The first-order valence-electron chi connectivity index (χ1n) is 8.27. The maximum Gasteiger partial charge on any atom is 0.217 e. The summed E-state index contributed by atoms with van der Waals surface area (Å²) in [7, 11) is -3.20. The van der Waals surface area contributed by atoms with Gasteiger partial charge in [0, 0.05) is 37.9 Å². The maximum absolute atomic E-state index is 12.7. The van der Waals surface area contributed by atoms with Gasteiger partial charge < -0.3 is 5.32 Å². The summed E-state index contributed by atoms with van der Waals surface area (Å²) in [5.74, 6) is 0.945. The number of aromatic nitrogens is 3. The SMILES string of the molecule is O=S(=O)(C1CC1)N1Cc2ccnn2C[C@H](CNc2ccccn2)C1. The molecule has 128 valence electrons. The van der Waals surface area contributed by atoms with Crippen LogP contribution in [0.15, 0.2) is 36.7 Å². The Kier molecular flexibility index (Phi) is 4.01. The highest BCUT2D eigenvalue weighted by atomic mass is 32.2. The molecule has 0 radical (unpaired) electrons. The van der Waals surface area contributed by atoms with Crippen LogP contribution in [0.1, 0.15) is 18.5 Å². The first-order chi connectivity index (χ1) is 11.6. The van der Waals surface area contributed by atoms with E-state index in [9.17, 15) is 8.42 Å². The number of nitrogens with one attached hydrogen (secondary N) is 1. The van der Waals surface area contributed by atoms with Crippen molar-refractivity contribution < 1.29 is 8.42 Å². The monoisotopic (exact) mass is 347 g/mol. The molecule has 0 bridgehead atoms. The lowest BCUT2D eigenvalue weighted by Crippen LogP contribution is -2.38. The summed E-state index contributed by atoms with van der Waals surface area (Å²) in [5, 5.41) is 7.48. The Morgan fingerprint density at radius 2 is 2.04 bits per heavy atom. The second kappa shape index (κ2) is 6.18. The summed E-state index contributed by atoms with van der Waals surface area (Å²) in [6.07, 6.45) is 5.06. The van der Waals surface area contributed by atoms with Crippen molar-refractivity contribution >= 4 is 15.8 Å². The lowest BCUT2D eigenvalue weighted by atomic mass is 10.1. The average molecular weight is 347 g/mol. The van der Waals surface area contributed by atoms with Gasteiger partial charge in [0.1, 0.15) is 5.82 Å². The maximum atomic E-state index is 12.7. The lowest BCUT2D eigenvalue weighted by Gasteiger charge is -2.23. The van der Waals surface area contributed by atoms with E-state index in [4.69, 9.17) is 0 Å². The Morgan fingerprint density at radius 1 is 1.17 bits per heavy atom. The minimum Gasteiger partial charge on any atom is -0.370 e. The zero-order chi connectivity index (χ0) is 16.6. The third kappa shape index (κ3) is 3.16. The molecule has 0 aromatic carbocycles. The van der Waals surface area contributed by atoms with Crippen LogP contribution in [-0.4, -0.2) is 45.8 Å². The molecule has 0 unspecified atom stereocenters. The molecule has 3 heterocycles. The molecule has 2 aromatic heterocycles. The van der Waals surface area contributed by atoms with Crippen LogP contribution in [-0.2, 0) is 23.1 Å². The Bertz CT molecular complexity index is 801. The molecule has 1 aliphatic carbocycles. The zero-order valence-electron chi connectivity index (χ0n) is 13.4. The molecule has 0 saturated heterocycles. The van der Waals surface area contributed by atoms with E-state index in [2.05, 4.69) is 15.4 Å². The molecule has 1 saturated carbocycles. The fourth-order valence-corrected chi connectivity index (χ4v) is 4.99. The minimum atomic E-state index is -3.20. The number of rotatable bonds is 5. The van der Waals surface area contributed by atoms with E-state index >= 15 is 0 Å². The molecular weight excluding hydrogens is 326 g/mol. The average Bonchev–Trinajstić information content (AvgIpc) is 3.38. The van der Waals surface area contributed by atoms with Gasteiger partial charge in [-0.2, -0.15) is 9.40 Å². The fraction of sp³-hybridized carbons (Fsp3) is 0.500. The third-order valence-electron chi connectivity index (χ3n) is 4.58. The van der Waals surface area contributed by atoms with Crippen LogP contribution in [0.2, 0.25) is 0 Å². The number of hydrogen-bond donors (Lipinski definition) is 1. The number of fused-ring (bicyclic) bond motifs is 1. The largest absolute Gasteiger partial charge is 0.370 e. The number of sulfonamides is 1. The normalized spacial score (nSPS) is 21.9. The van der Waals surface area contributed by atoms with Crippen molar-refractivity contribution in [1.82, 2.24) is 19.1 Å². The van der Waals surface area contributed by atoms with Crippen molar-refractivity contribution in [3.8, 4) is 0 Å². The van der Waals surface area contributed by atoms with Crippen LogP contribution < -0.4 is 5.32 Å². The summed E-state index contributed by atoms with van der Waals surface area (Å²) in [6, 6.07) is 7.62. The number of anilines is 1. The molecular formula is C16H21N5O2S. The number of pyridine rings is 1. The molecule has 24 heavy (non-hydrogen) atoms. The highest BCUT2D eigenvalue weighted by molar-refractivity contribution is 7.90. The minimum absolute atomic E-state index is 0.140. The number of nitrogens with zero attached hydrogens (tertiary/aromatic N) is 4. The van der Waals surface area contributed by atoms with Gasteiger partial charge in [-0.15, -0.1) is 0 Å². The van der Waals surface area contributed by atoms with E-state index in [1.807, 2.05) is 28.9 Å². The van der Waals surface area contributed by atoms with Crippen LogP contribution >= 0.6 is 0 Å². The van der Waals surface area contributed by atoms with Gasteiger partial charge in [0.2, 0.25) is 10.0 Å². The predicted molar refractivity (Wildman–Crippen MR) is 90.8 cm³/mol. The van der Waals surface area contributed by atoms with E-state index in [0.29, 0.717) is 26.2 Å². The molecule has 1 atom stereocenters. The summed E-state index contributed by atoms with van der Waals surface area (Å²) in [5.41, 5.74) is 0.958. The summed E-state index contributed by atoms with van der Waals surface area (Å²) >= 11 is 0. The Morgan fingerprint density at radius 3 is 2.79 bits per heavy atom. The number of hydrogen-bond acceptors (Lipinski definition) is 5. The van der Waals surface area contributed by atoms with Crippen LogP contribution in [0, 0.1) is 5.92 Å². The van der Waals surface area contributed by atoms with Crippen molar-refractivity contribution in [2.75, 3.05) is 18.4 Å². The van der Waals surface area contributed by atoms with Crippen molar-refractivity contribution in [1.29, 1.82) is 0 Å². The predicted octanol–water partition coefficient (Wildman–Crippen LogP) is 1.31. The first kappa shape index (κ1) is 15.6. The molecule has 2 aromatic rings. The van der Waals surface area contributed by atoms with Crippen molar-refractivity contribution in [3.05, 3.63) is 42.4 Å². The van der Waals surface area contributed by atoms with Crippen LogP contribution in [0.5, 0.6) is 0 Å². The molecule has 0 spiro atoms. The Labute approximate surface area is 141 Å². The molecule has 0 amide bonds. The third-order valence-corrected chi connectivity index (χ3v) is 6.89. The van der Waals surface area contributed by atoms with Crippen LogP contribution in [0.3, 0.4) is 0 Å². The lowest BCUT2D eigenvalue weighted by molar-refractivity contribution is 0.345. The fourth-order valence-electron chi connectivity index (χ4n) is 3.11. The van der Waals surface area contributed by atoms with E-state index in [1.165, 1.54) is 0 Å².